The van der Waals surface area contributed by atoms with E-state index in [0.29, 0.717) is 11.5 Å². The van der Waals surface area contributed by atoms with Crippen molar-refractivity contribution in [3.8, 4) is 11.5 Å². The third kappa shape index (κ3) is 3.91. The van der Waals surface area contributed by atoms with Crippen LogP contribution in [0.1, 0.15) is 26.3 Å². The van der Waals surface area contributed by atoms with Gasteiger partial charge in [0.1, 0.15) is 5.75 Å². The van der Waals surface area contributed by atoms with Gasteiger partial charge in [0.15, 0.2) is 21.3 Å². The molecule has 0 fully saturated rings. The number of amides is 1. The van der Waals surface area contributed by atoms with Gasteiger partial charge in [-0.3, -0.25) is 4.79 Å². The van der Waals surface area contributed by atoms with E-state index in [1.54, 1.807) is 25.1 Å². The maximum atomic E-state index is 12.0. The fraction of sp³-hybridized carbons (Fsp3) is 0.533. The lowest BCUT2D eigenvalue weighted by molar-refractivity contribution is -0.118. The van der Waals surface area contributed by atoms with E-state index in [9.17, 15) is 13.2 Å². The van der Waals surface area contributed by atoms with Gasteiger partial charge in [0, 0.05) is 6.54 Å². The van der Waals surface area contributed by atoms with Crippen LogP contribution in [-0.2, 0) is 21.2 Å². The highest BCUT2D eigenvalue weighted by Crippen LogP contribution is 2.32. The Bertz CT molecular complexity index is 654. The minimum atomic E-state index is -3.43. The molecule has 0 aromatic heterocycles. The lowest BCUT2D eigenvalue weighted by Gasteiger charge is -2.16. The molecule has 1 unspecified atom stereocenters. The molecule has 0 aliphatic carbocycles. The zero-order valence-electron chi connectivity index (χ0n) is 13.0. The number of rotatable bonds is 6. The molecule has 1 atom stereocenters. The van der Waals surface area contributed by atoms with E-state index >= 15 is 0 Å². The van der Waals surface area contributed by atoms with Crippen molar-refractivity contribution in [3.63, 3.8) is 0 Å². The summed E-state index contributed by atoms with van der Waals surface area (Å²) in [6.45, 7) is 5.72. The average molecular weight is 327 g/mol. The van der Waals surface area contributed by atoms with Gasteiger partial charge in [0.2, 0.25) is 12.7 Å². The van der Waals surface area contributed by atoms with Gasteiger partial charge in [-0.1, -0.05) is 19.9 Å². The van der Waals surface area contributed by atoms with Crippen molar-refractivity contribution in [3.05, 3.63) is 23.8 Å². The molecule has 0 radical (unpaired) electrons. The summed E-state index contributed by atoms with van der Waals surface area (Å²) in [5.74, 6) is 0.296. The second-order valence-electron chi connectivity index (χ2n) is 5.72. The van der Waals surface area contributed by atoms with Crippen LogP contribution in [0.15, 0.2) is 18.2 Å². The molecular formula is C15H21NO5S. The molecule has 122 valence electrons. The summed E-state index contributed by atoms with van der Waals surface area (Å²) >= 11 is 0. The summed E-state index contributed by atoms with van der Waals surface area (Å²) in [5, 5.41) is 2.09. The van der Waals surface area contributed by atoms with E-state index in [2.05, 4.69) is 5.32 Å². The van der Waals surface area contributed by atoms with Crippen LogP contribution in [0.2, 0.25) is 0 Å². The summed E-state index contributed by atoms with van der Waals surface area (Å²) in [6, 6.07) is 5.34. The van der Waals surface area contributed by atoms with Crippen LogP contribution in [0.3, 0.4) is 0 Å². The number of nitrogens with one attached hydrogen (secondary N) is 1. The van der Waals surface area contributed by atoms with Gasteiger partial charge in [-0.15, -0.1) is 0 Å². The first kappa shape index (κ1) is 16.6. The summed E-state index contributed by atoms with van der Waals surface area (Å²) < 4.78 is 34.6. The van der Waals surface area contributed by atoms with Gasteiger partial charge in [-0.25, -0.2) is 8.42 Å². The van der Waals surface area contributed by atoms with E-state index in [1.807, 2.05) is 13.8 Å². The van der Waals surface area contributed by atoms with Crippen molar-refractivity contribution >= 4 is 15.7 Å². The molecule has 0 saturated heterocycles. The number of hydrogen-bond donors (Lipinski definition) is 1. The third-order valence-electron chi connectivity index (χ3n) is 3.76. The summed E-state index contributed by atoms with van der Waals surface area (Å²) in [4.78, 5) is 11.8. The zero-order valence-corrected chi connectivity index (χ0v) is 13.8. The summed E-state index contributed by atoms with van der Waals surface area (Å²) in [6.07, 6.45) is 0. The Morgan fingerprint density at radius 3 is 2.59 bits per heavy atom. The van der Waals surface area contributed by atoms with Crippen molar-refractivity contribution in [1.29, 1.82) is 0 Å². The second kappa shape index (κ2) is 6.56. The molecule has 22 heavy (non-hydrogen) atoms. The molecule has 1 aliphatic heterocycles. The summed E-state index contributed by atoms with van der Waals surface area (Å²) in [7, 11) is -3.43. The van der Waals surface area contributed by atoms with Gasteiger partial charge in [0.25, 0.3) is 0 Å². The molecule has 1 aromatic carbocycles. The normalized spacial score (nSPS) is 14.9. The molecule has 6 nitrogen and oxygen atoms in total. The molecule has 0 bridgehead atoms. The van der Waals surface area contributed by atoms with E-state index in [4.69, 9.17) is 9.47 Å². The number of carbonyl (C=O) groups is 1. The number of benzene rings is 1. The first-order chi connectivity index (χ1) is 10.3. The number of ether oxygens (including phenoxy) is 2. The van der Waals surface area contributed by atoms with Crippen molar-refractivity contribution in [2.75, 3.05) is 12.5 Å². The minimum Gasteiger partial charge on any atom is -0.454 e. The molecule has 2 rings (SSSR count). The van der Waals surface area contributed by atoms with E-state index in [0.717, 1.165) is 5.56 Å². The maximum absolute atomic E-state index is 12.0. The van der Waals surface area contributed by atoms with Gasteiger partial charge >= 0.3 is 0 Å². The van der Waals surface area contributed by atoms with Crippen LogP contribution in [0, 0.1) is 5.92 Å². The fourth-order valence-corrected chi connectivity index (χ4v) is 3.59. The highest BCUT2D eigenvalue weighted by atomic mass is 32.2. The zero-order chi connectivity index (χ0) is 16.3. The lowest BCUT2D eigenvalue weighted by Crippen LogP contribution is -2.35. The SMILES string of the molecule is CC(C)C(C)S(=O)(=O)CC(=O)NCc1ccc2c(c1)OCO2. The molecule has 0 spiro atoms. The monoisotopic (exact) mass is 327 g/mol. The van der Waals surface area contributed by atoms with Crippen LogP contribution in [-0.4, -0.2) is 32.1 Å². The Balaban J connectivity index is 1.90. The Morgan fingerprint density at radius 2 is 1.91 bits per heavy atom. The van der Waals surface area contributed by atoms with Gasteiger partial charge in [-0.05, 0) is 30.5 Å². The first-order valence-electron chi connectivity index (χ1n) is 7.16. The van der Waals surface area contributed by atoms with Crippen molar-refractivity contribution in [1.82, 2.24) is 5.32 Å². The van der Waals surface area contributed by atoms with Crippen LogP contribution < -0.4 is 14.8 Å². The predicted molar refractivity (Wildman–Crippen MR) is 82.5 cm³/mol. The predicted octanol–water partition coefficient (Wildman–Crippen LogP) is 1.49. The molecular weight excluding hydrogens is 306 g/mol. The average Bonchev–Trinajstić information content (AvgIpc) is 2.91. The van der Waals surface area contributed by atoms with Gasteiger partial charge < -0.3 is 14.8 Å². The maximum Gasteiger partial charge on any atom is 0.235 e. The molecule has 1 aliphatic rings. The standard InChI is InChI=1S/C15H21NO5S/c1-10(2)11(3)22(18,19)8-15(17)16-7-12-4-5-13-14(6-12)21-9-20-13/h4-6,10-11H,7-9H2,1-3H3,(H,16,17). The first-order valence-corrected chi connectivity index (χ1v) is 8.88. The second-order valence-corrected chi connectivity index (χ2v) is 8.08. The molecule has 1 aromatic rings. The third-order valence-corrected chi connectivity index (χ3v) is 6.11. The molecule has 7 heteroatoms. The topological polar surface area (TPSA) is 81.7 Å². The van der Waals surface area contributed by atoms with Crippen LogP contribution >= 0.6 is 0 Å². The molecule has 1 amide bonds. The number of carbonyl (C=O) groups excluding carboxylic acids is 1. The van der Waals surface area contributed by atoms with E-state index < -0.39 is 26.7 Å². The van der Waals surface area contributed by atoms with Crippen LogP contribution in [0.5, 0.6) is 11.5 Å². The van der Waals surface area contributed by atoms with E-state index in [1.165, 1.54) is 0 Å². The van der Waals surface area contributed by atoms with Crippen LogP contribution in [0.4, 0.5) is 0 Å². The fourth-order valence-electron chi connectivity index (χ4n) is 2.03. The summed E-state index contributed by atoms with van der Waals surface area (Å²) in [5.41, 5.74) is 0.826. The van der Waals surface area contributed by atoms with Crippen molar-refractivity contribution in [2.24, 2.45) is 5.92 Å². The Morgan fingerprint density at radius 1 is 1.23 bits per heavy atom. The van der Waals surface area contributed by atoms with Crippen LogP contribution in [0.25, 0.3) is 0 Å². The van der Waals surface area contributed by atoms with E-state index in [-0.39, 0.29) is 19.3 Å². The lowest BCUT2D eigenvalue weighted by atomic mass is 10.2. The molecule has 1 N–H and O–H groups in total. The quantitative estimate of drug-likeness (QED) is 0.856. The molecule has 0 saturated carbocycles. The highest BCUT2D eigenvalue weighted by molar-refractivity contribution is 7.92. The Labute approximate surface area is 130 Å². The minimum absolute atomic E-state index is 0.0216. The van der Waals surface area contributed by atoms with Crippen molar-refractivity contribution in [2.45, 2.75) is 32.6 Å². The number of sulfone groups is 1. The Hall–Kier alpha value is -1.76. The van der Waals surface area contributed by atoms with Gasteiger partial charge in [0.05, 0.1) is 5.25 Å². The number of fused-ring (bicyclic) bond motifs is 1. The molecule has 1 heterocycles. The number of hydrogen-bond acceptors (Lipinski definition) is 5. The highest BCUT2D eigenvalue weighted by Gasteiger charge is 2.26. The van der Waals surface area contributed by atoms with Crippen molar-refractivity contribution < 1.29 is 22.7 Å². The smallest absolute Gasteiger partial charge is 0.235 e. The largest absolute Gasteiger partial charge is 0.454 e. The van der Waals surface area contributed by atoms with Gasteiger partial charge in [-0.2, -0.15) is 0 Å². The Kier molecular flexibility index (Phi) is 4.95.